The molecular formula is C30H26Cl3F2N3O3. The smallest absolute Gasteiger partial charge is 0.259 e. The van der Waals surface area contributed by atoms with Crippen molar-refractivity contribution < 1.29 is 22.8 Å². The lowest BCUT2D eigenvalue weighted by Crippen LogP contribution is -2.49. The summed E-state index contributed by atoms with van der Waals surface area (Å²) >= 11 is 18.8. The van der Waals surface area contributed by atoms with Crippen LogP contribution >= 0.6 is 34.8 Å². The minimum absolute atomic E-state index is 0.125. The van der Waals surface area contributed by atoms with Crippen LogP contribution < -0.4 is 0 Å². The van der Waals surface area contributed by atoms with Crippen LogP contribution in [0.15, 0.2) is 65.2 Å². The summed E-state index contributed by atoms with van der Waals surface area (Å²) in [6.45, 7) is 3.89. The lowest BCUT2D eigenvalue weighted by Gasteiger charge is -2.36. The molecule has 1 fully saturated rings. The molecule has 2 heterocycles. The van der Waals surface area contributed by atoms with E-state index in [9.17, 15) is 13.6 Å². The van der Waals surface area contributed by atoms with Crippen molar-refractivity contribution in [2.24, 2.45) is 0 Å². The van der Waals surface area contributed by atoms with Gasteiger partial charge in [-0.05, 0) is 48.9 Å². The Kier molecular flexibility index (Phi) is 9.26. The molecule has 1 atom stereocenters. The second-order valence-electron chi connectivity index (χ2n) is 9.70. The third-order valence-corrected chi connectivity index (χ3v) is 7.97. The van der Waals surface area contributed by atoms with Gasteiger partial charge >= 0.3 is 0 Å². The SMILES string of the molecule is Cc1onc(-c2c(Cl)cccc2Cl)c1C(=O)N1CCN(C[C@@H](OCc2c(F)cccc2F)c2ccc(Cl)cc2)CC1. The molecule has 1 amide bonds. The molecule has 5 rings (SSSR count). The summed E-state index contributed by atoms with van der Waals surface area (Å²) in [4.78, 5) is 17.5. The maximum Gasteiger partial charge on any atom is 0.259 e. The van der Waals surface area contributed by atoms with Crippen molar-refractivity contribution in [2.75, 3.05) is 32.7 Å². The van der Waals surface area contributed by atoms with Crippen LogP contribution in [0.3, 0.4) is 0 Å². The molecule has 6 nitrogen and oxygen atoms in total. The predicted octanol–water partition coefficient (Wildman–Crippen LogP) is 7.60. The normalized spacial score (nSPS) is 14.8. The summed E-state index contributed by atoms with van der Waals surface area (Å²) in [5, 5.41) is 5.40. The van der Waals surface area contributed by atoms with E-state index in [-0.39, 0.29) is 18.1 Å². The molecule has 214 valence electrons. The molecule has 0 saturated carbocycles. The van der Waals surface area contributed by atoms with Gasteiger partial charge in [0, 0.05) is 48.9 Å². The number of hydrogen-bond acceptors (Lipinski definition) is 5. The summed E-state index contributed by atoms with van der Waals surface area (Å²) in [5.74, 6) is -1.17. The van der Waals surface area contributed by atoms with Crippen LogP contribution in [0, 0.1) is 18.6 Å². The highest BCUT2D eigenvalue weighted by Crippen LogP contribution is 2.37. The van der Waals surface area contributed by atoms with E-state index in [0.717, 1.165) is 5.56 Å². The number of aryl methyl sites for hydroxylation is 1. The molecule has 1 aliphatic heterocycles. The summed E-state index contributed by atoms with van der Waals surface area (Å²) in [5.41, 5.74) is 1.78. The van der Waals surface area contributed by atoms with E-state index in [0.29, 0.717) is 70.4 Å². The number of aromatic nitrogens is 1. The Morgan fingerprint density at radius 2 is 1.56 bits per heavy atom. The Morgan fingerprint density at radius 1 is 0.951 bits per heavy atom. The Balaban J connectivity index is 1.28. The van der Waals surface area contributed by atoms with Crippen molar-refractivity contribution in [1.29, 1.82) is 0 Å². The second kappa shape index (κ2) is 12.9. The Hall–Kier alpha value is -3.01. The molecule has 1 aromatic heterocycles. The van der Waals surface area contributed by atoms with Gasteiger partial charge in [-0.15, -0.1) is 0 Å². The van der Waals surface area contributed by atoms with Crippen LogP contribution in [0.1, 0.15) is 33.3 Å². The van der Waals surface area contributed by atoms with Crippen LogP contribution in [0.4, 0.5) is 8.78 Å². The van der Waals surface area contributed by atoms with E-state index >= 15 is 0 Å². The number of carbonyl (C=O) groups is 1. The first-order valence-corrected chi connectivity index (χ1v) is 14.1. The first-order chi connectivity index (χ1) is 19.7. The maximum absolute atomic E-state index is 14.2. The predicted molar refractivity (Wildman–Crippen MR) is 154 cm³/mol. The molecular weight excluding hydrogens is 595 g/mol. The largest absolute Gasteiger partial charge is 0.367 e. The first-order valence-electron chi connectivity index (χ1n) is 12.9. The number of benzene rings is 3. The van der Waals surface area contributed by atoms with Crippen molar-refractivity contribution >= 4 is 40.7 Å². The number of carbonyl (C=O) groups excluding carboxylic acids is 1. The quantitative estimate of drug-likeness (QED) is 0.203. The number of ether oxygens (including phenoxy) is 1. The molecule has 41 heavy (non-hydrogen) atoms. The lowest BCUT2D eigenvalue weighted by molar-refractivity contribution is 0.00144. The Bertz CT molecular complexity index is 1500. The van der Waals surface area contributed by atoms with Gasteiger partial charge in [-0.2, -0.15) is 0 Å². The van der Waals surface area contributed by atoms with Crippen molar-refractivity contribution in [3.05, 3.63) is 110 Å². The highest BCUT2D eigenvalue weighted by atomic mass is 35.5. The topological polar surface area (TPSA) is 58.8 Å². The molecule has 1 saturated heterocycles. The minimum Gasteiger partial charge on any atom is -0.367 e. The summed E-state index contributed by atoms with van der Waals surface area (Å²) in [6.07, 6.45) is -0.484. The van der Waals surface area contributed by atoms with Crippen molar-refractivity contribution in [2.45, 2.75) is 19.6 Å². The summed E-state index contributed by atoms with van der Waals surface area (Å²) in [6, 6.07) is 16.0. The van der Waals surface area contributed by atoms with E-state index in [4.69, 9.17) is 44.1 Å². The third kappa shape index (κ3) is 6.58. The zero-order chi connectivity index (χ0) is 29.1. The zero-order valence-electron chi connectivity index (χ0n) is 22.0. The molecule has 0 aliphatic carbocycles. The molecule has 11 heteroatoms. The third-order valence-electron chi connectivity index (χ3n) is 7.09. The Labute approximate surface area is 251 Å². The number of rotatable bonds is 8. The Morgan fingerprint density at radius 3 is 2.20 bits per heavy atom. The fourth-order valence-corrected chi connectivity index (χ4v) is 5.53. The number of hydrogen-bond donors (Lipinski definition) is 0. The van der Waals surface area contributed by atoms with Gasteiger partial charge in [0.05, 0.1) is 22.8 Å². The first kappa shape index (κ1) is 29.5. The molecule has 0 unspecified atom stereocenters. The van der Waals surface area contributed by atoms with Crippen LogP contribution in [0.2, 0.25) is 15.1 Å². The number of halogens is 5. The lowest BCUT2D eigenvalue weighted by atomic mass is 10.0. The standard InChI is InChI=1S/C30H26Cl3F2N3O3/c1-18-27(29(36-41-18)28-22(32)4-2-5-23(28)33)30(39)38-14-12-37(13-15-38)16-26(19-8-10-20(31)11-9-19)40-17-21-24(34)6-3-7-25(21)35/h2-11,26H,12-17H2,1H3/t26-/m1/s1. The van der Waals surface area contributed by atoms with Crippen molar-refractivity contribution in [1.82, 2.24) is 15.0 Å². The molecule has 1 aliphatic rings. The van der Waals surface area contributed by atoms with Gasteiger partial charge in [-0.1, -0.05) is 64.2 Å². The maximum atomic E-state index is 14.2. The van der Waals surface area contributed by atoms with E-state index in [1.807, 2.05) is 12.1 Å². The van der Waals surface area contributed by atoms with Gasteiger partial charge < -0.3 is 14.2 Å². The van der Waals surface area contributed by atoms with Gasteiger partial charge in [0.1, 0.15) is 28.7 Å². The van der Waals surface area contributed by atoms with Gasteiger partial charge in [0.25, 0.3) is 5.91 Å². The molecule has 0 radical (unpaired) electrons. The highest BCUT2D eigenvalue weighted by molar-refractivity contribution is 6.39. The van der Waals surface area contributed by atoms with Crippen molar-refractivity contribution in [3.63, 3.8) is 0 Å². The molecule has 0 bridgehead atoms. The van der Waals surface area contributed by atoms with Gasteiger partial charge in [-0.25, -0.2) is 8.78 Å². The van der Waals surface area contributed by atoms with Crippen LogP contribution in [0.5, 0.6) is 0 Å². The summed E-state index contributed by atoms with van der Waals surface area (Å²) in [7, 11) is 0. The average molecular weight is 621 g/mol. The van der Waals surface area contributed by atoms with E-state index < -0.39 is 17.7 Å². The minimum atomic E-state index is -0.659. The van der Waals surface area contributed by atoms with E-state index in [2.05, 4.69) is 10.1 Å². The zero-order valence-corrected chi connectivity index (χ0v) is 24.3. The monoisotopic (exact) mass is 619 g/mol. The molecule has 0 spiro atoms. The van der Waals surface area contributed by atoms with Gasteiger partial charge in [-0.3, -0.25) is 9.69 Å². The van der Waals surface area contributed by atoms with Crippen LogP contribution in [0.25, 0.3) is 11.3 Å². The highest BCUT2D eigenvalue weighted by Gasteiger charge is 2.31. The number of nitrogens with zero attached hydrogens (tertiary/aromatic N) is 3. The fraction of sp³-hybridized carbons (Fsp3) is 0.267. The second-order valence-corrected chi connectivity index (χ2v) is 11.0. The van der Waals surface area contributed by atoms with Gasteiger partial charge in [0.2, 0.25) is 0 Å². The van der Waals surface area contributed by atoms with Crippen molar-refractivity contribution in [3.8, 4) is 11.3 Å². The number of amides is 1. The van der Waals surface area contributed by atoms with Gasteiger partial charge in [0.15, 0.2) is 0 Å². The summed E-state index contributed by atoms with van der Waals surface area (Å²) < 4.78 is 39.9. The number of piperazine rings is 1. The fourth-order valence-electron chi connectivity index (χ4n) is 4.83. The average Bonchev–Trinajstić information content (AvgIpc) is 3.33. The molecule has 0 N–H and O–H groups in total. The van der Waals surface area contributed by atoms with Crippen LogP contribution in [-0.4, -0.2) is 53.6 Å². The molecule has 3 aromatic carbocycles. The van der Waals surface area contributed by atoms with E-state index in [1.54, 1.807) is 42.2 Å². The molecule has 4 aromatic rings. The van der Waals surface area contributed by atoms with Crippen LogP contribution in [-0.2, 0) is 11.3 Å². The van der Waals surface area contributed by atoms with E-state index in [1.165, 1.54) is 18.2 Å².